The van der Waals surface area contributed by atoms with Crippen LogP contribution in [0.4, 0.5) is 5.69 Å². The molecule has 150 valence electrons. The van der Waals surface area contributed by atoms with Gasteiger partial charge in [-0.25, -0.2) is 0 Å². The third-order valence-electron chi connectivity index (χ3n) is 5.08. The molecule has 1 aliphatic heterocycles. The fraction of sp³-hybridized carbons (Fsp3) is 0.474. The van der Waals surface area contributed by atoms with Crippen molar-refractivity contribution in [2.45, 2.75) is 33.4 Å². The van der Waals surface area contributed by atoms with Crippen molar-refractivity contribution in [3.05, 3.63) is 56.4 Å². The van der Waals surface area contributed by atoms with Crippen molar-refractivity contribution >= 4 is 23.2 Å². The molecule has 2 aromatic rings. The van der Waals surface area contributed by atoms with Crippen LogP contribution >= 0.6 is 11.6 Å². The highest BCUT2D eigenvalue weighted by atomic mass is 35.5. The van der Waals surface area contributed by atoms with Gasteiger partial charge in [0.05, 0.1) is 11.5 Å². The lowest BCUT2D eigenvalue weighted by molar-refractivity contribution is -0.386. The van der Waals surface area contributed by atoms with E-state index in [2.05, 4.69) is 16.1 Å². The zero-order chi connectivity index (χ0) is 20.3. The number of aromatic nitrogens is 2. The smallest absolute Gasteiger partial charge is 0.312 e. The SMILES string of the molecule is Cc1nn(CCC(=O)N2CCN(Cc3cccc(Cl)c3)CC2)c(C)c1[N+](=O)[O-]. The van der Waals surface area contributed by atoms with E-state index in [1.54, 1.807) is 18.5 Å². The number of rotatable bonds is 6. The van der Waals surface area contributed by atoms with Crippen molar-refractivity contribution < 1.29 is 9.72 Å². The Kier molecular flexibility index (Phi) is 6.31. The topological polar surface area (TPSA) is 84.5 Å². The molecule has 3 rings (SSSR count). The maximum absolute atomic E-state index is 12.5. The van der Waals surface area contributed by atoms with E-state index in [0.29, 0.717) is 31.0 Å². The van der Waals surface area contributed by atoms with Crippen molar-refractivity contribution in [2.24, 2.45) is 0 Å². The zero-order valence-corrected chi connectivity index (χ0v) is 16.9. The van der Waals surface area contributed by atoms with Gasteiger partial charge in [0.15, 0.2) is 0 Å². The molecule has 1 amide bonds. The summed E-state index contributed by atoms with van der Waals surface area (Å²) in [6.07, 6.45) is 0.285. The summed E-state index contributed by atoms with van der Waals surface area (Å²) >= 11 is 6.04. The Labute approximate surface area is 168 Å². The van der Waals surface area contributed by atoms with Crippen LogP contribution in [-0.4, -0.2) is 56.6 Å². The van der Waals surface area contributed by atoms with E-state index in [1.807, 2.05) is 23.1 Å². The number of aryl methyl sites for hydroxylation is 2. The predicted molar refractivity (Wildman–Crippen MR) is 106 cm³/mol. The molecule has 8 nitrogen and oxygen atoms in total. The number of nitro groups is 1. The molecule has 0 N–H and O–H groups in total. The monoisotopic (exact) mass is 405 g/mol. The number of hydrogen-bond acceptors (Lipinski definition) is 5. The summed E-state index contributed by atoms with van der Waals surface area (Å²) in [5, 5.41) is 16.0. The van der Waals surface area contributed by atoms with E-state index in [0.717, 1.165) is 24.7 Å². The van der Waals surface area contributed by atoms with Crippen LogP contribution in [0.25, 0.3) is 0 Å². The van der Waals surface area contributed by atoms with E-state index >= 15 is 0 Å². The van der Waals surface area contributed by atoms with Crippen molar-refractivity contribution in [3.8, 4) is 0 Å². The summed E-state index contributed by atoms with van der Waals surface area (Å²) in [6.45, 7) is 7.42. The number of carbonyl (C=O) groups excluding carboxylic acids is 1. The van der Waals surface area contributed by atoms with Crippen LogP contribution in [0, 0.1) is 24.0 Å². The number of piperazine rings is 1. The van der Waals surface area contributed by atoms with Crippen molar-refractivity contribution in [3.63, 3.8) is 0 Å². The van der Waals surface area contributed by atoms with E-state index in [1.165, 1.54) is 5.56 Å². The lowest BCUT2D eigenvalue weighted by Crippen LogP contribution is -2.48. The average Bonchev–Trinajstić information content (AvgIpc) is 2.94. The first-order valence-electron chi connectivity index (χ1n) is 9.28. The maximum Gasteiger partial charge on any atom is 0.312 e. The van der Waals surface area contributed by atoms with E-state index in [4.69, 9.17) is 11.6 Å². The van der Waals surface area contributed by atoms with Gasteiger partial charge in [0.1, 0.15) is 11.4 Å². The van der Waals surface area contributed by atoms with Gasteiger partial charge in [-0.2, -0.15) is 5.10 Å². The molecule has 1 aromatic heterocycles. The zero-order valence-electron chi connectivity index (χ0n) is 16.1. The minimum atomic E-state index is -0.422. The number of nitrogens with zero attached hydrogens (tertiary/aromatic N) is 5. The van der Waals surface area contributed by atoms with Crippen LogP contribution in [0.1, 0.15) is 23.4 Å². The van der Waals surface area contributed by atoms with Gasteiger partial charge >= 0.3 is 5.69 Å². The second kappa shape index (κ2) is 8.70. The van der Waals surface area contributed by atoms with Crippen molar-refractivity contribution in [1.82, 2.24) is 19.6 Å². The molecule has 0 bridgehead atoms. The molecule has 28 heavy (non-hydrogen) atoms. The summed E-state index contributed by atoms with van der Waals surface area (Å²) in [5.41, 5.74) is 2.06. The van der Waals surface area contributed by atoms with E-state index in [-0.39, 0.29) is 18.0 Å². The molecule has 0 saturated carbocycles. The first-order chi connectivity index (χ1) is 13.3. The molecule has 9 heteroatoms. The van der Waals surface area contributed by atoms with Gasteiger partial charge in [0.25, 0.3) is 0 Å². The van der Waals surface area contributed by atoms with Gasteiger partial charge in [-0.1, -0.05) is 23.7 Å². The standard InChI is InChI=1S/C19H24ClN5O3/c1-14-19(25(27)28)15(2)24(21-14)7-6-18(26)23-10-8-22(9-11-23)13-16-4-3-5-17(20)12-16/h3-5,12H,6-11,13H2,1-2H3. The first-order valence-corrected chi connectivity index (χ1v) is 9.66. The third kappa shape index (κ3) is 4.69. The van der Waals surface area contributed by atoms with Crippen LogP contribution < -0.4 is 0 Å². The Morgan fingerprint density at radius 1 is 1.25 bits per heavy atom. The largest absolute Gasteiger partial charge is 0.340 e. The summed E-state index contributed by atoms with van der Waals surface area (Å²) in [5.74, 6) is 0.0533. The normalized spacial score (nSPS) is 15.0. The molecule has 0 spiro atoms. The molecule has 0 aliphatic carbocycles. The van der Waals surface area contributed by atoms with Crippen molar-refractivity contribution in [2.75, 3.05) is 26.2 Å². The quantitative estimate of drug-likeness (QED) is 0.545. The number of carbonyl (C=O) groups is 1. The van der Waals surface area contributed by atoms with Crippen LogP contribution in [0.5, 0.6) is 0 Å². The Hall–Kier alpha value is -2.45. The molecule has 2 heterocycles. The fourth-order valence-electron chi connectivity index (χ4n) is 3.58. The van der Waals surface area contributed by atoms with Crippen LogP contribution in [0.3, 0.4) is 0 Å². The van der Waals surface area contributed by atoms with Gasteiger partial charge in [-0.3, -0.25) is 24.5 Å². The molecule has 1 saturated heterocycles. The highest BCUT2D eigenvalue weighted by molar-refractivity contribution is 6.30. The summed E-state index contributed by atoms with van der Waals surface area (Å²) < 4.78 is 1.56. The van der Waals surface area contributed by atoms with Gasteiger partial charge in [-0.05, 0) is 31.5 Å². The first kappa shape index (κ1) is 20.3. The van der Waals surface area contributed by atoms with E-state index < -0.39 is 4.92 Å². The number of amides is 1. The number of halogens is 1. The Morgan fingerprint density at radius 3 is 2.57 bits per heavy atom. The Bertz CT molecular complexity index is 874. The van der Waals surface area contributed by atoms with Gasteiger partial charge in [0, 0.05) is 44.2 Å². The lowest BCUT2D eigenvalue weighted by Gasteiger charge is -2.34. The van der Waals surface area contributed by atoms with Crippen LogP contribution in [0.2, 0.25) is 5.02 Å². The molecular formula is C19H24ClN5O3. The van der Waals surface area contributed by atoms with Crippen LogP contribution in [0.15, 0.2) is 24.3 Å². The molecule has 0 atom stereocenters. The Balaban J connectivity index is 1.49. The van der Waals surface area contributed by atoms with Gasteiger partial charge in [0.2, 0.25) is 5.91 Å². The lowest BCUT2D eigenvalue weighted by atomic mass is 10.2. The summed E-state index contributed by atoms with van der Waals surface area (Å²) in [6, 6.07) is 7.82. The highest BCUT2D eigenvalue weighted by Gasteiger charge is 2.24. The number of benzene rings is 1. The minimum Gasteiger partial charge on any atom is -0.340 e. The highest BCUT2D eigenvalue weighted by Crippen LogP contribution is 2.22. The molecule has 1 aromatic carbocycles. The summed E-state index contributed by atoms with van der Waals surface area (Å²) in [4.78, 5) is 27.4. The molecule has 0 radical (unpaired) electrons. The van der Waals surface area contributed by atoms with Crippen molar-refractivity contribution in [1.29, 1.82) is 0 Å². The number of hydrogen-bond donors (Lipinski definition) is 0. The van der Waals surface area contributed by atoms with Gasteiger partial charge in [-0.15, -0.1) is 0 Å². The predicted octanol–water partition coefficient (Wildman–Crippen LogP) is 2.80. The molecule has 0 unspecified atom stereocenters. The van der Waals surface area contributed by atoms with E-state index in [9.17, 15) is 14.9 Å². The second-order valence-corrected chi connectivity index (χ2v) is 7.47. The van der Waals surface area contributed by atoms with Crippen LogP contribution in [-0.2, 0) is 17.9 Å². The van der Waals surface area contributed by atoms with Gasteiger partial charge < -0.3 is 4.90 Å². The maximum atomic E-state index is 12.5. The molecule has 1 aliphatic rings. The summed E-state index contributed by atoms with van der Waals surface area (Å²) in [7, 11) is 0. The second-order valence-electron chi connectivity index (χ2n) is 7.04. The fourth-order valence-corrected chi connectivity index (χ4v) is 3.79. The average molecular weight is 406 g/mol. The minimum absolute atomic E-state index is 0.0297. The molecule has 1 fully saturated rings. The Morgan fingerprint density at radius 2 is 1.96 bits per heavy atom. The molecular weight excluding hydrogens is 382 g/mol. The third-order valence-corrected chi connectivity index (χ3v) is 5.32.